The van der Waals surface area contributed by atoms with Crippen molar-refractivity contribution in [3.63, 3.8) is 0 Å². The SMILES string of the molecule is CN1C=CN(C2(c3cc4ccccc4c(-c4ccccc4)n3)c3ccccc3-c3ccccc32)C1. The third-order valence-electron chi connectivity index (χ3n) is 7.39. The lowest BCUT2D eigenvalue weighted by Gasteiger charge is -2.41. The van der Waals surface area contributed by atoms with E-state index in [4.69, 9.17) is 4.98 Å². The maximum Gasteiger partial charge on any atom is 0.136 e. The first-order chi connectivity index (χ1) is 17.3. The van der Waals surface area contributed by atoms with Gasteiger partial charge in [0.05, 0.1) is 18.1 Å². The molecule has 1 aliphatic heterocycles. The van der Waals surface area contributed by atoms with Gasteiger partial charge in [-0.05, 0) is 33.7 Å². The molecule has 0 amide bonds. The summed E-state index contributed by atoms with van der Waals surface area (Å²) in [6, 6.07) is 39.1. The molecule has 5 aromatic rings. The second kappa shape index (κ2) is 7.57. The Bertz CT molecular complexity index is 1560. The topological polar surface area (TPSA) is 19.4 Å². The number of hydrogen-bond acceptors (Lipinski definition) is 3. The lowest BCUT2D eigenvalue weighted by atomic mass is 9.81. The van der Waals surface area contributed by atoms with Crippen LogP contribution in [0.5, 0.6) is 0 Å². The molecule has 3 heteroatoms. The molecular formula is C32H25N3. The van der Waals surface area contributed by atoms with Gasteiger partial charge in [-0.1, -0.05) is 103 Å². The number of pyridine rings is 1. The molecule has 0 N–H and O–H groups in total. The van der Waals surface area contributed by atoms with Gasteiger partial charge in [0.25, 0.3) is 0 Å². The maximum atomic E-state index is 5.50. The molecule has 4 aromatic carbocycles. The van der Waals surface area contributed by atoms with Crippen molar-refractivity contribution in [3.8, 4) is 22.4 Å². The van der Waals surface area contributed by atoms with Crippen LogP contribution in [0.3, 0.4) is 0 Å². The van der Waals surface area contributed by atoms with E-state index >= 15 is 0 Å². The Balaban J connectivity index is 1.62. The molecule has 168 valence electrons. The van der Waals surface area contributed by atoms with Crippen LogP contribution in [0.4, 0.5) is 0 Å². The first-order valence-corrected chi connectivity index (χ1v) is 12.1. The van der Waals surface area contributed by atoms with Crippen LogP contribution in [0.2, 0.25) is 0 Å². The fourth-order valence-corrected chi connectivity index (χ4v) is 5.89. The molecule has 3 nitrogen and oxygen atoms in total. The van der Waals surface area contributed by atoms with Crippen molar-refractivity contribution in [3.05, 3.63) is 138 Å². The monoisotopic (exact) mass is 451 g/mol. The van der Waals surface area contributed by atoms with E-state index in [0.717, 1.165) is 23.6 Å². The van der Waals surface area contributed by atoms with Gasteiger partial charge in [0.15, 0.2) is 0 Å². The highest BCUT2D eigenvalue weighted by Crippen LogP contribution is 2.55. The Kier molecular flexibility index (Phi) is 4.34. The van der Waals surface area contributed by atoms with E-state index in [1.54, 1.807) is 0 Å². The molecule has 2 heterocycles. The fourth-order valence-electron chi connectivity index (χ4n) is 5.89. The van der Waals surface area contributed by atoms with E-state index in [-0.39, 0.29) is 0 Å². The summed E-state index contributed by atoms with van der Waals surface area (Å²) in [5.41, 5.74) is 7.80. The Labute approximate surface area is 205 Å². The molecule has 0 saturated heterocycles. The first kappa shape index (κ1) is 20.0. The summed E-state index contributed by atoms with van der Waals surface area (Å²) in [6.45, 7) is 0.790. The van der Waals surface area contributed by atoms with E-state index in [9.17, 15) is 0 Å². The van der Waals surface area contributed by atoms with Crippen molar-refractivity contribution in [2.75, 3.05) is 13.7 Å². The van der Waals surface area contributed by atoms with Crippen LogP contribution in [-0.4, -0.2) is 28.5 Å². The molecule has 0 bridgehead atoms. The predicted octanol–water partition coefficient (Wildman–Crippen LogP) is 6.85. The number of hydrogen-bond donors (Lipinski definition) is 0. The highest BCUT2D eigenvalue weighted by Gasteiger charge is 2.50. The average molecular weight is 452 g/mol. The molecule has 7 rings (SSSR count). The second-order valence-electron chi connectivity index (χ2n) is 9.41. The molecule has 35 heavy (non-hydrogen) atoms. The van der Waals surface area contributed by atoms with Gasteiger partial charge in [0, 0.05) is 30.4 Å². The summed E-state index contributed by atoms with van der Waals surface area (Å²) in [6.07, 6.45) is 4.38. The van der Waals surface area contributed by atoms with Gasteiger partial charge in [-0.15, -0.1) is 0 Å². The van der Waals surface area contributed by atoms with Gasteiger partial charge in [-0.3, -0.25) is 0 Å². The van der Waals surface area contributed by atoms with Crippen molar-refractivity contribution >= 4 is 10.8 Å². The molecule has 1 aromatic heterocycles. The third kappa shape index (κ3) is 2.82. The minimum Gasteiger partial charge on any atom is -0.362 e. The molecule has 0 saturated carbocycles. The van der Waals surface area contributed by atoms with Crippen molar-refractivity contribution < 1.29 is 0 Å². The molecule has 0 spiro atoms. The van der Waals surface area contributed by atoms with Gasteiger partial charge < -0.3 is 9.80 Å². The Morgan fingerprint density at radius 2 is 1.31 bits per heavy atom. The smallest absolute Gasteiger partial charge is 0.136 e. The molecular weight excluding hydrogens is 426 g/mol. The summed E-state index contributed by atoms with van der Waals surface area (Å²) < 4.78 is 0. The van der Waals surface area contributed by atoms with E-state index in [2.05, 4.69) is 138 Å². The number of aromatic nitrogens is 1. The highest BCUT2D eigenvalue weighted by molar-refractivity contribution is 5.95. The van der Waals surface area contributed by atoms with Crippen LogP contribution in [0.25, 0.3) is 33.2 Å². The molecule has 0 atom stereocenters. The van der Waals surface area contributed by atoms with Gasteiger partial charge in [0.2, 0.25) is 0 Å². The van der Waals surface area contributed by atoms with Crippen molar-refractivity contribution in [1.82, 2.24) is 14.8 Å². The number of fused-ring (bicyclic) bond motifs is 4. The fraction of sp³-hybridized carbons (Fsp3) is 0.0938. The molecule has 2 aliphatic rings. The van der Waals surface area contributed by atoms with Crippen molar-refractivity contribution in [1.29, 1.82) is 0 Å². The second-order valence-corrected chi connectivity index (χ2v) is 9.41. The van der Waals surface area contributed by atoms with Crippen LogP contribution in [0.1, 0.15) is 16.8 Å². The Morgan fingerprint density at radius 3 is 2.00 bits per heavy atom. The van der Waals surface area contributed by atoms with Crippen LogP contribution in [-0.2, 0) is 5.54 Å². The van der Waals surface area contributed by atoms with Crippen LogP contribution < -0.4 is 0 Å². The van der Waals surface area contributed by atoms with Crippen LogP contribution in [0, 0.1) is 0 Å². The predicted molar refractivity (Wildman–Crippen MR) is 143 cm³/mol. The van der Waals surface area contributed by atoms with E-state index in [1.807, 2.05) is 0 Å². The summed E-state index contributed by atoms with van der Waals surface area (Å²) in [4.78, 5) is 10.2. The van der Waals surface area contributed by atoms with Crippen LogP contribution in [0.15, 0.2) is 122 Å². The Hall–Kier alpha value is -4.37. The summed E-state index contributed by atoms with van der Waals surface area (Å²) in [7, 11) is 2.13. The van der Waals surface area contributed by atoms with Gasteiger partial charge >= 0.3 is 0 Å². The van der Waals surface area contributed by atoms with E-state index in [1.165, 1.54) is 33.0 Å². The third-order valence-corrected chi connectivity index (χ3v) is 7.39. The van der Waals surface area contributed by atoms with Crippen LogP contribution >= 0.6 is 0 Å². The minimum absolute atomic E-state index is 0.526. The maximum absolute atomic E-state index is 5.50. The lowest BCUT2D eigenvalue weighted by Crippen LogP contribution is -2.45. The summed E-state index contributed by atoms with van der Waals surface area (Å²) >= 11 is 0. The number of rotatable bonds is 3. The lowest BCUT2D eigenvalue weighted by molar-refractivity contribution is 0.194. The van der Waals surface area contributed by atoms with E-state index in [0.29, 0.717) is 0 Å². The van der Waals surface area contributed by atoms with Gasteiger partial charge in [0.1, 0.15) is 5.54 Å². The average Bonchev–Trinajstić information content (AvgIpc) is 3.48. The first-order valence-electron chi connectivity index (χ1n) is 12.1. The largest absolute Gasteiger partial charge is 0.362 e. The Morgan fingerprint density at radius 1 is 0.686 bits per heavy atom. The highest BCUT2D eigenvalue weighted by atomic mass is 15.4. The molecule has 0 unspecified atom stereocenters. The number of benzene rings is 4. The zero-order valence-electron chi connectivity index (χ0n) is 19.6. The summed E-state index contributed by atoms with van der Waals surface area (Å²) in [5.74, 6) is 0. The van der Waals surface area contributed by atoms with E-state index < -0.39 is 5.54 Å². The van der Waals surface area contributed by atoms with Gasteiger partial charge in [-0.2, -0.15) is 0 Å². The van der Waals surface area contributed by atoms with Crippen molar-refractivity contribution in [2.24, 2.45) is 0 Å². The normalized spacial score (nSPS) is 15.5. The van der Waals surface area contributed by atoms with Crippen molar-refractivity contribution in [2.45, 2.75) is 5.54 Å². The zero-order valence-corrected chi connectivity index (χ0v) is 19.6. The quantitative estimate of drug-likeness (QED) is 0.299. The molecule has 1 aliphatic carbocycles. The summed E-state index contributed by atoms with van der Waals surface area (Å²) in [5, 5.41) is 2.38. The minimum atomic E-state index is -0.526. The number of nitrogens with zero attached hydrogens (tertiary/aromatic N) is 3. The molecule has 0 fully saturated rings. The molecule has 0 radical (unpaired) electrons. The zero-order chi connectivity index (χ0) is 23.4. The standard InChI is InChI=1S/C32H25N3/c1-34-19-20-35(22-34)32(28-17-9-7-15-26(28)27-16-8-10-18-29(27)32)30-21-24-13-5-6-14-25(24)31(33-30)23-11-3-2-4-12-23/h2-21H,22H2,1H3. The van der Waals surface area contributed by atoms with Gasteiger partial charge in [-0.25, -0.2) is 4.98 Å².